The molecule has 0 atom stereocenters. The van der Waals surface area contributed by atoms with E-state index in [-0.39, 0.29) is 5.97 Å². The van der Waals surface area contributed by atoms with Gasteiger partial charge >= 0.3 is 5.97 Å². The summed E-state index contributed by atoms with van der Waals surface area (Å²) in [5, 5.41) is 0.553. The highest BCUT2D eigenvalue weighted by molar-refractivity contribution is 7.99. The topological polar surface area (TPSA) is 52.3 Å². The van der Waals surface area contributed by atoms with Crippen LogP contribution in [-0.4, -0.2) is 18.8 Å². The smallest absolute Gasteiger partial charge is 0.315 e. The number of ether oxygens (including phenoxy) is 1. The molecule has 0 aliphatic heterocycles. The summed E-state index contributed by atoms with van der Waals surface area (Å²) in [5.74, 6) is 0.845. The average Bonchev–Trinajstić information content (AvgIpc) is 2.23. The highest BCUT2D eigenvalue weighted by atomic mass is 35.5. The van der Waals surface area contributed by atoms with Gasteiger partial charge in [0.15, 0.2) is 0 Å². The number of hydrogen-bond donors (Lipinski definition) is 1. The van der Waals surface area contributed by atoms with Crippen molar-refractivity contribution in [3.8, 4) is 0 Å². The minimum Gasteiger partial charge on any atom is -0.468 e. The van der Waals surface area contributed by atoms with Crippen LogP contribution in [0.25, 0.3) is 0 Å². The lowest BCUT2D eigenvalue weighted by Crippen LogP contribution is -2.03. The highest BCUT2D eigenvalue weighted by Crippen LogP contribution is 2.22. The van der Waals surface area contributed by atoms with Gasteiger partial charge in [-0.1, -0.05) is 17.7 Å². The first-order valence-electron chi connectivity index (χ1n) is 4.32. The first-order chi connectivity index (χ1) is 7.13. The Labute approximate surface area is 97.9 Å². The van der Waals surface area contributed by atoms with Crippen molar-refractivity contribution in [1.82, 2.24) is 0 Å². The van der Waals surface area contributed by atoms with Gasteiger partial charge in [-0.15, -0.1) is 11.8 Å². The van der Waals surface area contributed by atoms with E-state index >= 15 is 0 Å². The molecule has 0 bridgehead atoms. The number of esters is 1. The largest absolute Gasteiger partial charge is 0.468 e. The maximum atomic E-state index is 10.8. The number of hydrogen-bond acceptors (Lipinski definition) is 4. The van der Waals surface area contributed by atoms with E-state index in [1.165, 1.54) is 18.9 Å². The van der Waals surface area contributed by atoms with Crippen molar-refractivity contribution in [2.24, 2.45) is 0 Å². The molecule has 0 aliphatic carbocycles. The molecule has 0 saturated carbocycles. The molecule has 0 saturated heterocycles. The van der Waals surface area contributed by atoms with Crippen LogP contribution >= 0.6 is 23.4 Å². The van der Waals surface area contributed by atoms with Crippen molar-refractivity contribution < 1.29 is 9.53 Å². The second kappa shape index (κ2) is 5.88. The van der Waals surface area contributed by atoms with Crippen LogP contribution in [0.2, 0.25) is 5.02 Å². The van der Waals surface area contributed by atoms with Gasteiger partial charge in [-0.05, 0) is 17.7 Å². The summed E-state index contributed by atoms with van der Waals surface area (Å²) in [7, 11) is 1.38. The molecular formula is C10H12ClNO2S. The molecule has 82 valence electrons. The summed E-state index contributed by atoms with van der Waals surface area (Å²) in [6, 6.07) is 5.46. The fourth-order valence-electron chi connectivity index (χ4n) is 0.994. The molecule has 0 radical (unpaired) electrons. The number of halogens is 1. The minimum absolute atomic E-state index is 0.220. The number of carbonyl (C=O) groups is 1. The number of nitrogen functional groups attached to an aromatic ring is 1. The Balaban J connectivity index is 2.44. The highest BCUT2D eigenvalue weighted by Gasteiger charge is 2.02. The van der Waals surface area contributed by atoms with Gasteiger partial charge in [0.25, 0.3) is 0 Å². The van der Waals surface area contributed by atoms with E-state index < -0.39 is 0 Å². The Morgan fingerprint density at radius 2 is 2.33 bits per heavy atom. The third-order valence-electron chi connectivity index (χ3n) is 1.78. The monoisotopic (exact) mass is 245 g/mol. The second-order valence-corrected chi connectivity index (χ2v) is 4.32. The van der Waals surface area contributed by atoms with Crippen LogP contribution in [0.4, 0.5) is 5.69 Å². The number of thioether (sulfide) groups is 1. The van der Waals surface area contributed by atoms with Crippen LogP contribution in [0, 0.1) is 0 Å². The maximum Gasteiger partial charge on any atom is 0.315 e. The van der Waals surface area contributed by atoms with Gasteiger partial charge in [0.2, 0.25) is 0 Å². The first-order valence-corrected chi connectivity index (χ1v) is 5.85. The zero-order valence-electron chi connectivity index (χ0n) is 8.33. The van der Waals surface area contributed by atoms with Gasteiger partial charge in [-0.3, -0.25) is 4.79 Å². The van der Waals surface area contributed by atoms with Crippen LogP contribution in [0.15, 0.2) is 18.2 Å². The summed E-state index contributed by atoms with van der Waals surface area (Å²) in [6.07, 6.45) is 0. The normalized spacial score (nSPS) is 10.0. The van der Waals surface area contributed by atoms with E-state index in [0.29, 0.717) is 16.5 Å². The molecule has 5 heteroatoms. The van der Waals surface area contributed by atoms with E-state index in [1.54, 1.807) is 6.07 Å². The van der Waals surface area contributed by atoms with Crippen molar-refractivity contribution in [1.29, 1.82) is 0 Å². The number of nitrogens with two attached hydrogens (primary N) is 1. The van der Waals surface area contributed by atoms with Crippen molar-refractivity contribution >= 4 is 35.0 Å². The predicted molar refractivity (Wildman–Crippen MR) is 64.0 cm³/mol. The predicted octanol–water partition coefficient (Wildman–Crippen LogP) is 2.33. The standard InChI is InChI=1S/C10H12ClNO2S/c1-14-10(13)6-15-5-7-2-3-8(11)9(12)4-7/h2-4H,5-6,12H2,1H3. The quantitative estimate of drug-likeness (QED) is 0.654. The van der Waals surface area contributed by atoms with Crippen LogP contribution in [0.3, 0.4) is 0 Å². The van der Waals surface area contributed by atoms with Gasteiger partial charge in [0.1, 0.15) is 0 Å². The Bertz CT molecular complexity index is 357. The molecule has 1 rings (SSSR count). The van der Waals surface area contributed by atoms with E-state index in [2.05, 4.69) is 4.74 Å². The average molecular weight is 246 g/mol. The van der Waals surface area contributed by atoms with Gasteiger partial charge in [0, 0.05) is 5.75 Å². The summed E-state index contributed by atoms with van der Waals surface area (Å²) < 4.78 is 4.53. The van der Waals surface area contributed by atoms with E-state index in [4.69, 9.17) is 17.3 Å². The van der Waals surface area contributed by atoms with Gasteiger partial charge < -0.3 is 10.5 Å². The molecule has 1 aromatic rings. The van der Waals surface area contributed by atoms with Gasteiger partial charge in [0.05, 0.1) is 23.6 Å². The van der Waals surface area contributed by atoms with Gasteiger partial charge in [-0.25, -0.2) is 0 Å². The minimum atomic E-state index is -0.220. The lowest BCUT2D eigenvalue weighted by Gasteiger charge is -2.03. The summed E-state index contributed by atoms with van der Waals surface area (Å²) in [4.78, 5) is 10.8. The van der Waals surface area contributed by atoms with Crippen molar-refractivity contribution in [2.45, 2.75) is 5.75 Å². The van der Waals surface area contributed by atoms with Crippen molar-refractivity contribution in [3.05, 3.63) is 28.8 Å². The molecule has 0 amide bonds. The third kappa shape index (κ3) is 4.01. The molecular weight excluding hydrogens is 234 g/mol. The zero-order valence-corrected chi connectivity index (χ0v) is 9.90. The molecule has 15 heavy (non-hydrogen) atoms. The molecule has 0 fully saturated rings. The fraction of sp³-hybridized carbons (Fsp3) is 0.300. The second-order valence-electron chi connectivity index (χ2n) is 2.92. The molecule has 0 aromatic heterocycles. The fourth-order valence-corrected chi connectivity index (χ4v) is 1.91. The zero-order chi connectivity index (χ0) is 11.3. The molecule has 0 unspecified atom stereocenters. The molecule has 1 aromatic carbocycles. The van der Waals surface area contributed by atoms with E-state index in [0.717, 1.165) is 11.3 Å². The van der Waals surface area contributed by atoms with E-state index in [9.17, 15) is 4.79 Å². The Morgan fingerprint density at radius 3 is 2.93 bits per heavy atom. The van der Waals surface area contributed by atoms with Crippen LogP contribution in [0.5, 0.6) is 0 Å². The number of rotatable bonds is 4. The van der Waals surface area contributed by atoms with Crippen LogP contribution in [-0.2, 0) is 15.3 Å². The molecule has 0 spiro atoms. The molecule has 3 nitrogen and oxygen atoms in total. The number of methoxy groups -OCH3 is 1. The SMILES string of the molecule is COC(=O)CSCc1ccc(Cl)c(N)c1. The Morgan fingerprint density at radius 1 is 1.60 bits per heavy atom. The van der Waals surface area contributed by atoms with Crippen LogP contribution in [0.1, 0.15) is 5.56 Å². The Kier molecular flexibility index (Phi) is 4.78. The number of anilines is 1. The van der Waals surface area contributed by atoms with Crippen molar-refractivity contribution in [2.75, 3.05) is 18.6 Å². The lowest BCUT2D eigenvalue weighted by molar-refractivity contribution is -0.137. The van der Waals surface area contributed by atoms with Crippen LogP contribution < -0.4 is 5.73 Å². The van der Waals surface area contributed by atoms with Gasteiger partial charge in [-0.2, -0.15) is 0 Å². The summed E-state index contributed by atoms with van der Waals surface area (Å²) in [6.45, 7) is 0. The van der Waals surface area contributed by atoms with E-state index in [1.807, 2.05) is 12.1 Å². The third-order valence-corrected chi connectivity index (χ3v) is 3.10. The number of benzene rings is 1. The summed E-state index contributed by atoms with van der Waals surface area (Å²) >= 11 is 7.26. The molecule has 2 N–H and O–H groups in total. The molecule has 0 aliphatic rings. The molecule has 0 heterocycles. The lowest BCUT2D eigenvalue weighted by atomic mass is 10.2. The maximum absolute atomic E-state index is 10.8. The first kappa shape index (κ1) is 12.2. The number of carbonyl (C=O) groups excluding carboxylic acids is 1. The van der Waals surface area contributed by atoms with Crippen molar-refractivity contribution in [3.63, 3.8) is 0 Å². The summed E-state index contributed by atoms with van der Waals surface area (Å²) in [5.41, 5.74) is 7.26. The Hall–Kier alpha value is -0.870.